The molecule has 1 aromatic heterocycles. The molecular formula is C13H12Cl2N2O. The van der Waals surface area contributed by atoms with Crippen molar-refractivity contribution in [1.29, 1.82) is 0 Å². The maximum absolute atomic E-state index is 9.68. The first-order valence-electron chi connectivity index (χ1n) is 5.84. The molecule has 3 nitrogen and oxygen atoms in total. The number of fused-ring (bicyclic) bond motifs is 1. The van der Waals surface area contributed by atoms with Crippen LogP contribution in [0.4, 0.5) is 0 Å². The van der Waals surface area contributed by atoms with Crippen molar-refractivity contribution < 1.29 is 5.11 Å². The minimum atomic E-state index is -0.315. The van der Waals surface area contributed by atoms with Gasteiger partial charge in [-0.15, -0.1) is 0 Å². The van der Waals surface area contributed by atoms with Gasteiger partial charge in [0.15, 0.2) is 5.15 Å². The summed E-state index contributed by atoms with van der Waals surface area (Å²) in [7, 11) is 0. The van der Waals surface area contributed by atoms with Gasteiger partial charge < -0.3 is 9.67 Å². The summed E-state index contributed by atoms with van der Waals surface area (Å²) in [6, 6.07) is 7.53. The molecule has 2 heterocycles. The number of benzene rings is 1. The summed E-state index contributed by atoms with van der Waals surface area (Å²) in [5.74, 6) is 0.846. The van der Waals surface area contributed by atoms with Crippen LogP contribution < -0.4 is 0 Å². The second-order valence-corrected chi connectivity index (χ2v) is 5.27. The average Bonchev–Trinajstić information content (AvgIpc) is 2.68. The summed E-state index contributed by atoms with van der Waals surface area (Å²) in [5, 5.41) is 10.9. The van der Waals surface area contributed by atoms with Gasteiger partial charge in [-0.3, -0.25) is 0 Å². The highest BCUT2D eigenvalue weighted by Gasteiger charge is 2.24. The highest BCUT2D eigenvalue weighted by atomic mass is 35.5. The van der Waals surface area contributed by atoms with Gasteiger partial charge in [0, 0.05) is 23.6 Å². The first kappa shape index (κ1) is 12.0. The van der Waals surface area contributed by atoms with Crippen LogP contribution in [0.3, 0.4) is 0 Å². The second-order valence-electron chi connectivity index (χ2n) is 4.48. The molecule has 0 radical (unpaired) electrons. The standard InChI is InChI=1S/C13H12Cl2N2O/c14-9-3-1-8(2-4-9)13-16-12(15)11-7-10(18)5-6-17(11)13/h1-4,10,18H,5-7H2. The zero-order valence-corrected chi connectivity index (χ0v) is 11.1. The maximum Gasteiger partial charge on any atom is 0.151 e. The molecule has 1 atom stereocenters. The Morgan fingerprint density at radius 2 is 1.94 bits per heavy atom. The average molecular weight is 283 g/mol. The van der Waals surface area contributed by atoms with Gasteiger partial charge in [0.1, 0.15) is 5.82 Å². The molecule has 0 bridgehead atoms. The molecule has 1 unspecified atom stereocenters. The molecule has 94 valence electrons. The molecule has 0 spiro atoms. The van der Waals surface area contributed by atoms with Crippen LogP contribution >= 0.6 is 23.2 Å². The SMILES string of the molecule is OC1CCn2c(-c3ccc(Cl)cc3)nc(Cl)c2C1. The largest absolute Gasteiger partial charge is 0.393 e. The molecular weight excluding hydrogens is 271 g/mol. The summed E-state index contributed by atoms with van der Waals surface area (Å²) in [5.41, 5.74) is 1.91. The molecule has 5 heteroatoms. The summed E-state index contributed by atoms with van der Waals surface area (Å²) < 4.78 is 2.08. The molecule has 0 amide bonds. The minimum absolute atomic E-state index is 0.315. The molecule has 1 aliphatic heterocycles. The number of hydrogen-bond donors (Lipinski definition) is 1. The summed E-state index contributed by atoms with van der Waals surface area (Å²) in [6.45, 7) is 0.744. The topological polar surface area (TPSA) is 38.0 Å². The van der Waals surface area contributed by atoms with E-state index in [9.17, 15) is 5.11 Å². The second kappa shape index (κ2) is 4.57. The Hall–Kier alpha value is -1.03. The molecule has 18 heavy (non-hydrogen) atoms. The monoisotopic (exact) mass is 282 g/mol. The predicted octanol–water partition coefficient (Wildman–Crippen LogP) is 3.16. The van der Waals surface area contributed by atoms with E-state index in [2.05, 4.69) is 9.55 Å². The Morgan fingerprint density at radius 1 is 1.22 bits per heavy atom. The lowest BCUT2D eigenvalue weighted by Gasteiger charge is -2.21. The molecule has 1 aromatic carbocycles. The molecule has 1 aliphatic rings. The maximum atomic E-state index is 9.68. The van der Waals surface area contributed by atoms with E-state index in [0.717, 1.165) is 30.0 Å². The van der Waals surface area contributed by atoms with E-state index in [1.165, 1.54) is 0 Å². The van der Waals surface area contributed by atoms with Gasteiger partial charge in [-0.1, -0.05) is 23.2 Å². The van der Waals surface area contributed by atoms with Crippen LogP contribution in [0.25, 0.3) is 11.4 Å². The van der Waals surface area contributed by atoms with E-state index in [-0.39, 0.29) is 6.10 Å². The first-order valence-corrected chi connectivity index (χ1v) is 6.59. The molecule has 3 rings (SSSR count). The third kappa shape index (κ3) is 2.03. The van der Waals surface area contributed by atoms with Gasteiger partial charge in [-0.05, 0) is 30.7 Å². The highest BCUT2D eigenvalue weighted by Crippen LogP contribution is 2.30. The number of rotatable bonds is 1. The Kier molecular flexibility index (Phi) is 3.06. The van der Waals surface area contributed by atoms with E-state index in [4.69, 9.17) is 23.2 Å². The fourth-order valence-corrected chi connectivity index (χ4v) is 2.70. The third-order valence-corrected chi connectivity index (χ3v) is 3.80. The fourth-order valence-electron chi connectivity index (χ4n) is 2.32. The first-order chi connectivity index (χ1) is 8.65. The summed E-state index contributed by atoms with van der Waals surface area (Å²) in [4.78, 5) is 4.40. The number of hydrogen-bond acceptors (Lipinski definition) is 2. The van der Waals surface area contributed by atoms with Gasteiger partial charge in [-0.2, -0.15) is 0 Å². The van der Waals surface area contributed by atoms with Crippen LogP contribution in [0.2, 0.25) is 10.2 Å². The quantitative estimate of drug-likeness (QED) is 0.873. The van der Waals surface area contributed by atoms with E-state index < -0.39 is 0 Å². The lowest BCUT2D eigenvalue weighted by Crippen LogP contribution is -2.23. The molecule has 2 aromatic rings. The fraction of sp³-hybridized carbons (Fsp3) is 0.308. The van der Waals surface area contributed by atoms with Crippen molar-refractivity contribution in [3.8, 4) is 11.4 Å². The smallest absolute Gasteiger partial charge is 0.151 e. The zero-order chi connectivity index (χ0) is 12.7. The third-order valence-electron chi connectivity index (χ3n) is 3.24. The highest BCUT2D eigenvalue weighted by molar-refractivity contribution is 6.30. The number of nitrogens with zero attached hydrogens (tertiary/aromatic N) is 2. The minimum Gasteiger partial charge on any atom is -0.393 e. The van der Waals surface area contributed by atoms with Gasteiger partial charge in [0.25, 0.3) is 0 Å². The Balaban J connectivity index is 2.08. The van der Waals surface area contributed by atoms with Crippen LogP contribution in [0.1, 0.15) is 12.1 Å². The summed E-state index contributed by atoms with van der Waals surface area (Å²) >= 11 is 12.0. The Morgan fingerprint density at radius 3 is 2.67 bits per heavy atom. The van der Waals surface area contributed by atoms with Crippen molar-refractivity contribution in [1.82, 2.24) is 9.55 Å². The molecule has 0 saturated heterocycles. The number of imidazole rings is 1. The number of halogens is 2. The van der Waals surface area contributed by atoms with Gasteiger partial charge in [0.05, 0.1) is 11.8 Å². The van der Waals surface area contributed by atoms with E-state index >= 15 is 0 Å². The summed E-state index contributed by atoms with van der Waals surface area (Å²) in [6.07, 6.45) is 0.990. The lowest BCUT2D eigenvalue weighted by atomic mass is 10.1. The van der Waals surface area contributed by atoms with Gasteiger partial charge in [0.2, 0.25) is 0 Å². The molecule has 0 aliphatic carbocycles. The number of aliphatic hydroxyl groups is 1. The number of aliphatic hydroxyl groups excluding tert-OH is 1. The van der Waals surface area contributed by atoms with Crippen LogP contribution in [-0.4, -0.2) is 20.8 Å². The molecule has 0 fully saturated rings. The van der Waals surface area contributed by atoms with Crippen LogP contribution in [0.15, 0.2) is 24.3 Å². The van der Waals surface area contributed by atoms with E-state index in [1.807, 2.05) is 24.3 Å². The Labute approximate surface area is 115 Å². The molecule has 1 N–H and O–H groups in total. The van der Waals surface area contributed by atoms with Crippen molar-refractivity contribution in [3.63, 3.8) is 0 Å². The predicted molar refractivity (Wildman–Crippen MR) is 72.0 cm³/mol. The Bertz CT molecular complexity index is 577. The van der Waals surface area contributed by atoms with E-state index in [1.54, 1.807) is 0 Å². The van der Waals surface area contributed by atoms with Crippen molar-refractivity contribution >= 4 is 23.2 Å². The number of aromatic nitrogens is 2. The normalized spacial score (nSPS) is 18.7. The van der Waals surface area contributed by atoms with Crippen molar-refractivity contribution in [2.75, 3.05) is 0 Å². The molecule has 0 saturated carbocycles. The van der Waals surface area contributed by atoms with Crippen molar-refractivity contribution in [2.24, 2.45) is 0 Å². The van der Waals surface area contributed by atoms with Crippen LogP contribution in [-0.2, 0) is 13.0 Å². The van der Waals surface area contributed by atoms with Gasteiger partial charge in [-0.25, -0.2) is 4.98 Å². The van der Waals surface area contributed by atoms with Gasteiger partial charge >= 0.3 is 0 Å². The van der Waals surface area contributed by atoms with Crippen molar-refractivity contribution in [2.45, 2.75) is 25.5 Å². The van der Waals surface area contributed by atoms with Crippen LogP contribution in [0, 0.1) is 0 Å². The van der Waals surface area contributed by atoms with Crippen molar-refractivity contribution in [3.05, 3.63) is 40.1 Å². The van der Waals surface area contributed by atoms with E-state index in [0.29, 0.717) is 16.6 Å². The lowest BCUT2D eigenvalue weighted by molar-refractivity contribution is 0.144. The zero-order valence-electron chi connectivity index (χ0n) is 9.61. The van der Waals surface area contributed by atoms with Crippen LogP contribution in [0.5, 0.6) is 0 Å².